The van der Waals surface area contributed by atoms with Crippen LogP contribution in [-0.2, 0) is 46.4 Å². The molecular weight excluding hydrogens is 583 g/mol. The summed E-state index contributed by atoms with van der Waals surface area (Å²) in [5.41, 5.74) is 1.74. The van der Waals surface area contributed by atoms with Crippen molar-refractivity contribution in [2.45, 2.75) is 77.0 Å². The van der Waals surface area contributed by atoms with Gasteiger partial charge in [0.2, 0.25) is 11.8 Å². The highest BCUT2D eigenvalue weighted by Gasteiger charge is 2.42. The Kier molecular flexibility index (Phi) is 9.23. The lowest BCUT2D eigenvalue weighted by Gasteiger charge is -2.44. The minimum atomic E-state index is -4.50. The number of hydrogen-bond acceptors (Lipinski definition) is 4. The second-order valence-corrected chi connectivity index (χ2v) is 12.7. The van der Waals surface area contributed by atoms with E-state index >= 15 is 0 Å². The third-order valence-electron chi connectivity index (χ3n) is 8.21. The minimum Gasteiger partial charge on any atom is -0.444 e. The summed E-state index contributed by atoms with van der Waals surface area (Å²) >= 11 is 0. The first-order valence-corrected chi connectivity index (χ1v) is 15.1. The van der Waals surface area contributed by atoms with Gasteiger partial charge in [-0.1, -0.05) is 66.7 Å². The molecule has 3 aromatic carbocycles. The van der Waals surface area contributed by atoms with E-state index in [1.807, 2.05) is 54.6 Å². The molecule has 7 nitrogen and oxygen atoms in total. The Labute approximate surface area is 261 Å². The molecule has 5 rings (SSSR count). The standard InChI is InChI=1S/C35H38F3N3O4/c1-34(2,3)45-33(44)41-21-27-14-8-7-13-26(27)19-30(41)32(43)39-22-29(17-16-24-10-5-4-6-11-24)40(31(42)23-39)20-25-12-9-15-28(18-25)35(36,37)38/h4-15,18,29-30H,16-17,19-23H2,1-3H3/t29-,30+/m0/s1. The molecule has 0 unspecified atom stereocenters. The Morgan fingerprint density at radius 2 is 1.53 bits per heavy atom. The Morgan fingerprint density at radius 3 is 2.22 bits per heavy atom. The number of alkyl halides is 3. The number of hydrogen-bond donors (Lipinski definition) is 0. The summed E-state index contributed by atoms with van der Waals surface area (Å²) in [6.07, 6.45) is -3.72. The lowest BCUT2D eigenvalue weighted by molar-refractivity contribution is -0.152. The first-order valence-electron chi connectivity index (χ1n) is 15.1. The molecule has 2 atom stereocenters. The number of ether oxygens (including phenoxy) is 1. The molecule has 0 radical (unpaired) electrons. The Balaban J connectivity index is 1.41. The summed E-state index contributed by atoms with van der Waals surface area (Å²) in [6, 6.07) is 21.0. The summed E-state index contributed by atoms with van der Waals surface area (Å²) in [6.45, 7) is 5.43. The molecule has 0 saturated carbocycles. The van der Waals surface area contributed by atoms with E-state index < -0.39 is 35.5 Å². The van der Waals surface area contributed by atoms with Gasteiger partial charge in [-0.2, -0.15) is 13.2 Å². The van der Waals surface area contributed by atoms with Gasteiger partial charge >= 0.3 is 12.3 Å². The van der Waals surface area contributed by atoms with Crippen molar-refractivity contribution >= 4 is 17.9 Å². The molecule has 0 N–H and O–H groups in total. The lowest BCUT2D eigenvalue weighted by atomic mass is 9.92. The highest BCUT2D eigenvalue weighted by atomic mass is 19.4. The molecule has 45 heavy (non-hydrogen) atoms. The third-order valence-corrected chi connectivity index (χ3v) is 8.21. The number of carbonyl (C=O) groups is 3. The topological polar surface area (TPSA) is 70.2 Å². The van der Waals surface area contributed by atoms with Crippen LogP contribution in [0.1, 0.15) is 55.0 Å². The molecule has 238 valence electrons. The second-order valence-electron chi connectivity index (χ2n) is 12.7. The molecule has 2 aliphatic rings. The zero-order chi connectivity index (χ0) is 32.4. The molecule has 10 heteroatoms. The first-order chi connectivity index (χ1) is 21.3. The van der Waals surface area contributed by atoms with E-state index in [0.717, 1.165) is 28.8 Å². The van der Waals surface area contributed by atoms with E-state index in [1.54, 1.807) is 31.7 Å². The maximum atomic E-state index is 14.2. The summed E-state index contributed by atoms with van der Waals surface area (Å²) in [5, 5.41) is 0. The average Bonchev–Trinajstić information content (AvgIpc) is 2.99. The van der Waals surface area contributed by atoms with Gasteiger partial charge in [0.15, 0.2) is 0 Å². The molecule has 0 bridgehead atoms. The number of carbonyl (C=O) groups excluding carboxylic acids is 3. The Hall–Kier alpha value is -4.34. The van der Waals surface area contributed by atoms with E-state index in [-0.39, 0.29) is 44.4 Å². The van der Waals surface area contributed by atoms with Crippen molar-refractivity contribution in [1.82, 2.24) is 14.7 Å². The molecule has 2 heterocycles. The van der Waals surface area contributed by atoms with Crippen LogP contribution in [0.4, 0.5) is 18.0 Å². The molecular formula is C35H38F3N3O4. The number of rotatable bonds is 6. The SMILES string of the molecule is CC(C)(C)OC(=O)N1Cc2ccccc2C[C@@H]1C(=O)N1CC(=O)N(Cc2cccc(C(F)(F)F)c2)[C@@H](CCc2ccccc2)C1. The summed E-state index contributed by atoms with van der Waals surface area (Å²) in [4.78, 5) is 45.8. The molecule has 2 aliphatic heterocycles. The molecule has 1 fully saturated rings. The van der Waals surface area contributed by atoms with Crippen LogP contribution >= 0.6 is 0 Å². The maximum Gasteiger partial charge on any atom is 0.416 e. The maximum absolute atomic E-state index is 14.2. The van der Waals surface area contributed by atoms with Crippen molar-refractivity contribution < 1.29 is 32.3 Å². The fourth-order valence-electron chi connectivity index (χ4n) is 6.00. The monoisotopic (exact) mass is 621 g/mol. The molecule has 0 aliphatic carbocycles. The van der Waals surface area contributed by atoms with Crippen LogP contribution in [0.5, 0.6) is 0 Å². The van der Waals surface area contributed by atoms with Crippen molar-refractivity contribution in [3.63, 3.8) is 0 Å². The lowest BCUT2D eigenvalue weighted by Crippen LogP contribution is -2.62. The molecule has 1 saturated heterocycles. The van der Waals surface area contributed by atoms with E-state index in [9.17, 15) is 27.6 Å². The van der Waals surface area contributed by atoms with Crippen LogP contribution in [0.2, 0.25) is 0 Å². The van der Waals surface area contributed by atoms with Gasteiger partial charge in [-0.3, -0.25) is 14.5 Å². The zero-order valence-corrected chi connectivity index (χ0v) is 25.7. The fraction of sp³-hybridized carbons (Fsp3) is 0.400. The van der Waals surface area contributed by atoms with Crippen LogP contribution in [0, 0.1) is 0 Å². The van der Waals surface area contributed by atoms with Crippen LogP contribution < -0.4 is 0 Å². The quantitative estimate of drug-likeness (QED) is 0.327. The predicted octanol–water partition coefficient (Wildman–Crippen LogP) is 6.24. The summed E-state index contributed by atoms with van der Waals surface area (Å²) in [5.74, 6) is -0.711. The van der Waals surface area contributed by atoms with Crippen LogP contribution in [0.25, 0.3) is 0 Å². The van der Waals surface area contributed by atoms with Gasteiger partial charge in [0, 0.05) is 19.5 Å². The van der Waals surface area contributed by atoms with E-state index in [0.29, 0.717) is 18.4 Å². The molecule has 0 spiro atoms. The Bertz CT molecular complexity index is 1540. The first kappa shape index (κ1) is 32.1. The van der Waals surface area contributed by atoms with Gasteiger partial charge in [-0.25, -0.2) is 4.79 Å². The van der Waals surface area contributed by atoms with Gasteiger partial charge in [0.1, 0.15) is 11.6 Å². The Morgan fingerprint density at radius 1 is 0.867 bits per heavy atom. The minimum absolute atomic E-state index is 0.00885. The smallest absolute Gasteiger partial charge is 0.416 e. The van der Waals surface area contributed by atoms with Gasteiger partial charge in [0.05, 0.1) is 24.7 Å². The van der Waals surface area contributed by atoms with Gasteiger partial charge in [-0.15, -0.1) is 0 Å². The van der Waals surface area contributed by atoms with Gasteiger partial charge in [0.25, 0.3) is 0 Å². The number of halogens is 3. The zero-order valence-electron chi connectivity index (χ0n) is 25.7. The van der Waals surface area contributed by atoms with Crippen molar-refractivity contribution in [2.75, 3.05) is 13.1 Å². The summed E-state index contributed by atoms with van der Waals surface area (Å²) < 4.78 is 46.0. The number of piperazine rings is 1. The van der Waals surface area contributed by atoms with Crippen molar-refractivity contribution in [3.05, 3.63) is 107 Å². The van der Waals surface area contributed by atoms with Gasteiger partial charge < -0.3 is 14.5 Å². The van der Waals surface area contributed by atoms with Crippen LogP contribution in [0.15, 0.2) is 78.9 Å². The van der Waals surface area contributed by atoms with E-state index in [4.69, 9.17) is 4.74 Å². The highest BCUT2D eigenvalue weighted by Crippen LogP contribution is 2.31. The number of benzene rings is 3. The predicted molar refractivity (Wildman–Crippen MR) is 163 cm³/mol. The highest BCUT2D eigenvalue weighted by molar-refractivity contribution is 5.91. The van der Waals surface area contributed by atoms with Crippen molar-refractivity contribution in [1.29, 1.82) is 0 Å². The second kappa shape index (κ2) is 12.9. The number of fused-ring (bicyclic) bond motifs is 1. The molecule has 3 aromatic rings. The normalized spacial score (nSPS) is 18.9. The fourth-order valence-corrected chi connectivity index (χ4v) is 6.00. The molecule has 3 amide bonds. The molecule has 0 aromatic heterocycles. The van der Waals surface area contributed by atoms with Crippen molar-refractivity contribution in [2.24, 2.45) is 0 Å². The van der Waals surface area contributed by atoms with Crippen LogP contribution in [-0.4, -0.2) is 63.4 Å². The largest absolute Gasteiger partial charge is 0.444 e. The number of aryl methyl sites for hydroxylation is 1. The van der Waals surface area contributed by atoms with Crippen molar-refractivity contribution in [3.8, 4) is 0 Å². The van der Waals surface area contributed by atoms with E-state index in [1.165, 1.54) is 15.9 Å². The van der Waals surface area contributed by atoms with E-state index in [2.05, 4.69) is 0 Å². The summed E-state index contributed by atoms with van der Waals surface area (Å²) in [7, 11) is 0. The average molecular weight is 622 g/mol. The number of nitrogens with zero attached hydrogens (tertiary/aromatic N) is 3. The number of amides is 3. The van der Waals surface area contributed by atoms with Gasteiger partial charge in [-0.05, 0) is 68.0 Å². The third kappa shape index (κ3) is 7.85. The van der Waals surface area contributed by atoms with Crippen LogP contribution in [0.3, 0.4) is 0 Å².